The number of hydrogen-bond acceptors (Lipinski definition) is 5. The highest BCUT2D eigenvalue weighted by atomic mass is 32.1. The number of carbonyl (C=O) groups excluding carboxylic acids is 2. The maximum Gasteiger partial charge on any atom is 0.242 e. The van der Waals surface area contributed by atoms with E-state index in [1.165, 1.54) is 4.88 Å². The predicted molar refractivity (Wildman–Crippen MR) is 138 cm³/mol. The van der Waals surface area contributed by atoms with Crippen LogP contribution in [0.2, 0.25) is 0 Å². The van der Waals surface area contributed by atoms with E-state index in [0.717, 1.165) is 17.5 Å². The van der Waals surface area contributed by atoms with Crippen LogP contribution in [0.25, 0.3) is 0 Å². The Morgan fingerprint density at radius 3 is 2.49 bits per heavy atom. The average Bonchev–Trinajstić information content (AvgIpc) is 3.35. The van der Waals surface area contributed by atoms with Crippen molar-refractivity contribution in [1.29, 1.82) is 0 Å². The van der Waals surface area contributed by atoms with Crippen LogP contribution < -0.4 is 9.47 Å². The largest absolute Gasteiger partial charge is 0.493 e. The number of nitrogens with zero attached hydrogens (tertiary/aromatic N) is 2. The molecule has 35 heavy (non-hydrogen) atoms. The normalized spacial score (nSPS) is 15.0. The minimum absolute atomic E-state index is 0.0467. The number of methoxy groups -OCH3 is 1. The SMILES string of the molecule is COc1ccccc1OC[C@H]1c2ccsc2CCN1C(=O)CN(C(=O)Cc1ccccc1)C(C)C. The van der Waals surface area contributed by atoms with Crippen molar-refractivity contribution in [3.63, 3.8) is 0 Å². The lowest BCUT2D eigenvalue weighted by Gasteiger charge is -2.37. The zero-order chi connectivity index (χ0) is 24.8. The zero-order valence-electron chi connectivity index (χ0n) is 20.5. The summed E-state index contributed by atoms with van der Waals surface area (Å²) in [5.41, 5.74) is 2.07. The number of para-hydroxylation sites is 2. The second-order valence-electron chi connectivity index (χ2n) is 8.89. The molecule has 0 bridgehead atoms. The lowest BCUT2D eigenvalue weighted by Crippen LogP contribution is -2.49. The Bertz CT molecular complexity index is 1140. The molecule has 3 aromatic rings. The molecular formula is C28H32N2O4S. The van der Waals surface area contributed by atoms with E-state index in [1.807, 2.05) is 73.3 Å². The molecule has 1 aromatic heterocycles. The van der Waals surface area contributed by atoms with Gasteiger partial charge in [-0.3, -0.25) is 9.59 Å². The molecule has 1 aliphatic heterocycles. The smallest absolute Gasteiger partial charge is 0.242 e. The first-order valence-electron chi connectivity index (χ1n) is 11.9. The van der Waals surface area contributed by atoms with Gasteiger partial charge in [-0.05, 0) is 55.0 Å². The van der Waals surface area contributed by atoms with Gasteiger partial charge in [-0.2, -0.15) is 0 Å². The summed E-state index contributed by atoms with van der Waals surface area (Å²) < 4.78 is 11.6. The second-order valence-corrected chi connectivity index (χ2v) is 9.89. The first kappa shape index (κ1) is 24.8. The van der Waals surface area contributed by atoms with Crippen molar-refractivity contribution in [2.75, 3.05) is 26.8 Å². The monoisotopic (exact) mass is 492 g/mol. The van der Waals surface area contributed by atoms with Gasteiger partial charge in [0.2, 0.25) is 11.8 Å². The van der Waals surface area contributed by atoms with E-state index in [9.17, 15) is 9.59 Å². The van der Waals surface area contributed by atoms with Crippen molar-refractivity contribution in [3.05, 3.63) is 82.0 Å². The number of benzene rings is 2. The van der Waals surface area contributed by atoms with Crippen LogP contribution in [-0.4, -0.2) is 54.5 Å². The van der Waals surface area contributed by atoms with E-state index in [4.69, 9.17) is 9.47 Å². The van der Waals surface area contributed by atoms with Crippen LogP contribution >= 0.6 is 11.3 Å². The maximum atomic E-state index is 13.6. The maximum absolute atomic E-state index is 13.6. The van der Waals surface area contributed by atoms with Gasteiger partial charge in [0.25, 0.3) is 0 Å². The molecule has 0 N–H and O–H groups in total. The number of thiophene rings is 1. The number of hydrogen-bond donors (Lipinski definition) is 0. The van der Waals surface area contributed by atoms with Crippen LogP contribution in [0.3, 0.4) is 0 Å². The summed E-state index contributed by atoms with van der Waals surface area (Å²) in [6, 6.07) is 18.9. The van der Waals surface area contributed by atoms with Gasteiger partial charge in [0, 0.05) is 17.5 Å². The summed E-state index contributed by atoms with van der Waals surface area (Å²) in [6.45, 7) is 4.87. The second kappa shape index (κ2) is 11.4. The van der Waals surface area contributed by atoms with Crippen molar-refractivity contribution < 1.29 is 19.1 Å². The Morgan fingerprint density at radius 1 is 1.06 bits per heavy atom. The Labute approximate surface area is 211 Å². The van der Waals surface area contributed by atoms with E-state index in [-0.39, 0.29) is 36.9 Å². The third-order valence-corrected chi connectivity index (χ3v) is 7.32. The van der Waals surface area contributed by atoms with Crippen LogP contribution in [0.15, 0.2) is 66.0 Å². The Kier molecular flexibility index (Phi) is 8.08. The number of carbonyl (C=O) groups is 2. The lowest BCUT2D eigenvalue weighted by molar-refractivity contribution is -0.143. The third kappa shape index (κ3) is 5.85. The fourth-order valence-corrected chi connectivity index (χ4v) is 5.38. The first-order chi connectivity index (χ1) is 17.0. The molecule has 0 saturated heterocycles. The van der Waals surface area contributed by atoms with E-state index in [2.05, 4.69) is 11.4 Å². The fourth-order valence-electron chi connectivity index (χ4n) is 4.45. The fraction of sp³-hybridized carbons (Fsp3) is 0.357. The van der Waals surface area contributed by atoms with Gasteiger partial charge in [0.05, 0.1) is 19.6 Å². The van der Waals surface area contributed by atoms with Crippen molar-refractivity contribution in [2.45, 2.75) is 38.8 Å². The molecule has 0 saturated carbocycles. The first-order valence-corrected chi connectivity index (χ1v) is 12.8. The molecule has 0 unspecified atom stereocenters. The number of rotatable bonds is 9. The summed E-state index contributed by atoms with van der Waals surface area (Å²) in [5.74, 6) is 1.19. The molecule has 0 spiro atoms. The summed E-state index contributed by atoms with van der Waals surface area (Å²) in [6.07, 6.45) is 1.09. The van der Waals surface area contributed by atoms with Gasteiger partial charge >= 0.3 is 0 Å². The summed E-state index contributed by atoms with van der Waals surface area (Å²) in [4.78, 5) is 31.5. The van der Waals surface area contributed by atoms with Crippen molar-refractivity contribution in [1.82, 2.24) is 9.80 Å². The molecule has 2 heterocycles. The number of ether oxygens (including phenoxy) is 2. The number of amides is 2. The molecule has 184 valence electrons. The summed E-state index contributed by atoms with van der Waals surface area (Å²) >= 11 is 1.71. The molecule has 2 aromatic carbocycles. The molecule has 0 aliphatic carbocycles. The molecule has 1 aliphatic rings. The minimum Gasteiger partial charge on any atom is -0.493 e. The van der Waals surface area contributed by atoms with Crippen LogP contribution in [0.1, 0.15) is 35.9 Å². The van der Waals surface area contributed by atoms with Crippen molar-refractivity contribution in [3.8, 4) is 11.5 Å². The third-order valence-electron chi connectivity index (χ3n) is 6.33. The van der Waals surface area contributed by atoms with Crippen LogP contribution in [0, 0.1) is 0 Å². The average molecular weight is 493 g/mol. The van der Waals surface area contributed by atoms with Gasteiger partial charge < -0.3 is 19.3 Å². The van der Waals surface area contributed by atoms with Gasteiger partial charge in [-0.15, -0.1) is 11.3 Å². The van der Waals surface area contributed by atoms with E-state index in [1.54, 1.807) is 23.3 Å². The lowest BCUT2D eigenvalue weighted by atomic mass is 10.00. The van der Waals surface area contributed by atoms with Gasteiger partial charge in [-0.25, -0.2) is 0 Å². The molecule has 4 rings (SSSR count). The molecule has 6 nitrogen and oxygen atoms in total. The van der Waals surface area contributed by atoms with E-state index in [0.29, 0.717) is 24.7 Å². The standard InChI is InChI=1S/C28H32N2O4S/c1-20(2)30(27(31)17-21-9-5-4-6-10-21)18-28(32)29-15-13-26-22(14-16-35-26)23(29)19-34-25-12-8-7-11-24(25)33-3/h4-12,14,16,20,23H,13,15,17-19H2,1-3H3/t23-/m0/s1. The molecule has 0 radical (unpaired) electrons. The van der Waals surface area contributed by atoms with Crippen LogP contribution in [-0.2, 0) is 22.4 Å². The van der Waals surface area contributed by atoms with Crippen LogP contribution in [0.4, 0.5) is 0 Å². The van der Waals surface area contributed by atoms with Gasteiger partial charge in [0.15, 0.2) is 11.5 Å². The molecular weight excluding hydrogens is 460 g/mol. The summed E-state index contributed by atoms with van der Waals surface area (Å²) in [5, 5.41) is 2.07. The van der Waals surface area contributed by atoms with E-state index >= 15 is 0 Å². The molecule has 1 atom stereocenters. The Morgan fingerprint density at radius 2 is 1.77 bits per heavy atom. The highest BCUT2D eigenvalue weighted by molar-refractivity contribution is 7.10. The Hall–Kier alpha value is -3.32. The highest BCUT2D eigenvalue weighted by Crippen LogP contribution is 2.35. The van der Waals surface area contributed by atoms with Crippen LogP contribution in [0.5, 0.6) is 11.5 Å². The Balaban J connectivity index is 1.50. The van der Waals surface area contributed by atoms with Crippen molar-refractivity contribution in [2.24, 2.45) is 0 Å². The highest BCUT2D eigenvalue weighted by Gasteiger charge is 2.34. The topological polar surface area (TPSA) is 59.1 Å². The molecule has 2 amide bonds. The predicted octanol–water partition coefficient (Wildman–Crippen LogP) is 4.74. The molecule has 7 heteroatoms. The van der Waals surface area contributed by atoms with Gasteiger partial charge in [0.1, 0.15) is 13.2 Å². The quantitative estimate of drug-likeness (QED) is 0.433. The molecule has 0 fully saturated rings. The van der Waals surface area contributed by atoms with Gasteiger partial charge in [-0.1, -0.05) is 42.5 Å². The summed E-state index contributed by atoms with van der Waals surface area (Å²) in [7, 11) is 1.61. The zero-order valence-corrected chi connectivity index (χ0v) is 21.3. The van der Waals surface area contributed by atoms with Crippen molar-refractivity contribution >= 4 is 23.2 Å². The minimum atomic E-state index is -0.222. The number of fused-ring (bicyclic) bond motifs is 1. The van der Waals surface area contributed by atoms with E-state index < -0.39 is 0 Å².